The maximum atomic E-state index is 11.9. The van der Waals surface area contributed by atoms with E-state index in [1.54, 1.807) is 20.8 Å². The summed E-state index contributed by atoms with van der Waals surface area (Å²) in [7, 11) is 0. The third kappa shape index (κ3) is 4.75. The van der Waals surface area contributed by atoms with Crippen molar-refractivity contribution < 1.29 is 14.3 Å². The van der Waals surface area contributed by atoms with Gasteiger partial charge in [0.1, 0.15) is 6.04 Å². The summed E-state index contributed by atoms with van der Waals surface area (Å²) >= 11 is 0. The Morgan fingerprint density at radius 2 is 1.71 bits per heavy atom. The van der Waals surface area contributed by atoms with Gasteiger partial charge in [-0.05, 0) is 33.6 Å². The molecule has 17 heavy (non-hydrogen) atoms. The van der Waals surface area contributed by atoms with Crippen molar-refractivity contribution in [1.82, 2.24) is 5.32 Å². The molecule has 1 aliphatic carbocycles. The zero-order valence-electron chi connectivity index (χ0n) is 11.0. The quantitative estimate of drug-likeness (QED) is 0.766. The largest absolute Gasteiger partial charge is 0.461 e. The first-order chi connectivity index (χ1) is 8.00. The van der Waals surface area contributed by atoms with Crippen LogP contribution < -0.4 is 5.32 Å². The van der Waals surface area contributed by atoms with E-state index in [9.17, 15) is 9.59 Å². The molecule has 0 bridgehead atoms. The summed E-state index contributed by atoms with van der Waals surface area (Å²) in [5, 5.41) is 2.74. The smallest absolute Gasteiger partial charge is 0.328 e. The van der Waals surface area contributed by atoms with Crippen LogP contribution >= 0.6 is 0 Å². The van der Waals surface area contributed by atoms with Crippen LogP contribution in [0.4, 0.5) is 0 Å². The average Bonchev–Trinajstić information content (AvgIpc) is 2.29. The number of esters is 1. The molecule has 0 aliphatic heterocycles. The summed E-state index contributed by atoms with van der Waals surface area (Å²) in [4.78, 5) is 23.4. The number of hydrogen-bond donors (Lipinski definition) is 1. The van der Waals surface area contributed by atoms with E-state index in [-0.39, 0.29) is 23.9 Å². The van der Waals surface area contributed by atoms with Gasteiger partial charge in [0.2, 0.25) is 5.91 Å². The monoisotopic (exact) mass is 241 g/mol. The lowest BCUT2D eigenvalue weighted by atomic mass is 9.88. The Morgan fingerprint density at radius 3 is 2.24 bits per heavy atom. The van der Waals surface area contributed by atoms with E-state index in [2.05, 4.69) is 5.32 Å². The molecule has 4 nitrogen and oxygen atoms in total. The normalized spacial score (nSPS) is 18.8. The van der Waals surface area contributed by atoms with E-state index in [1.165, 1.54) is 6.42 Å². The Balaban J connectivity index is 2.36. The molecule has 0 spiro atoms. The highest BCUT2D eigenvalue weighted by atomic mass is 16.5. The van der Waals surface area contributed by atoms with Gasteiger partial charge in [0, 0.05) is 5.92 Å². The number of carbonyl (C=O) groups is 2. The summed E-state index contributed by atoms with van der Waals surface area (Å²) < 4.78 is 5.05. The lowest BCUT2D eigenvalue weighted by molar-refractivity contribution is -0.151. The van der Waals surface area contributed by atoms with Crippen LogP contribution in [0.2, 0.25) is 0 Å². The highest BCUT2D eigenvalue weighted by Gasteiger charge is 2.25. The van der Waals surface area contributed by atoms with Crippen LogP contribution in [0.1, 0.15) is 52.9 Å². The van der Waals surface area contributed by atoms with Crippen LogP contribution in [-0.4, -0.2) is 24.0 Å². The highest BCUT2D eigenvalue weighted by Crippen LogP contribution is 2.23. The summed E-state index contributed by atoms with van der Waals surface area (Å²) in [5.74, 6) is -0.278. The first-order valence-electron chi connectivity index (χ1n) is 6.51. The molecule has 1 saturated carbocycles. The van der Waals surface area contributed by atoms with Gasteiger partial charge in [-0.2, -0.15) is 0 Å². The average molecular weight is 241 g/mol. The number of carbonyl (C=O) groups excluding carboxylic acids is 2. The van der Waals surface area contributed by atoms with Crippen LogP contribution in [-0.2, 0) is 14.3 Å². The third-order valence-corrected chi connectivity index (χ3v) is 3.04. The van der Waals surface area contributed by atoms with Crippen molar-refractivity contribution in [1.29, 1.82) is 0 Å². The van der Waals surface area contributed by atoms with Crippen molar-refractivity contribution in [2.75, 3.05) is 0 Å². The van der Waals surface area contributed by atoms with Gasteiger partial charge in [-0.1, -0.05) is 19.3 Å². The zero-order chi connectivity index (χ0) is 12.8. The molecule has 1 amide bonds. The fourth-order valence-electron chi connectivity index (χ4n) is 2.09. The van der Waals surface area contributed by atoms with Crippen molar-refractivity contribution in [2.45, 2.75) is 65.0 Å². The molecule has 0 saturated heterocycles. The van der Waals surface area contributed by atoms with E-state index in [4.69, 9.17) is 4.74 Å². The first kappa shape index (κ1) is 14.0. The Bertz CT molecular complexity index is 270. The second-order valence-corrected chi connectivity index (χ2v) is 5.05. The SMILES string of the molecule is CC(C)OC(=O)[C@H](C)NC(=O)C1CCCCC1. The van der Waals surface area contributed by atoms with E-state index >= 15 is 0 Å². The van der Waals surface area contributed by atoms with E-state index in [0.29, 0.717) is 0 Å². The van der Waals surface area contributed by atoms with Gasteiger partial charge in [0.05, 0.1) is 6.10 Å². The number of amides is 1. The Kier molecular flexibility index (Phi) is 5.45. The number of ether oxygens (including phenoxy) is 1. The molecule has 0 unspecified atom stereocenters. The number of rotatable bonds is 4. The second-order valence-electron chi connectivity index (χ2n) is 5.05. The predicted molar refractivity (Wildman–Crippen MR) is 65.4 cm³/mol. The zero-order valence-corrected chi connectivity index (χ0v) is 11.0. The molecule has 0 radical (unpaired) electrons. The van der Waals surface area contributed by atoms with Crippen LogP contribution in [0.25, 0.3) is 0 Å². The fraction of sp³-hybridized carbons (Fsp3) is 0.846. The molecule has 0 aromatic heterocycles. The van der Waals surface area contributed by atoms with Crippen molar-refractivity contribution >= 4 is 11.9 Å². The van der Waals surface area contributed by atoms with Gasteiger partial charge < -0.3 is 10.1 Å². The number of nitrogens with one attached hydrogen (secondary N) is 1. The van der Waals surface area contributed by atoms with Crippen LogP contribution in [0.15, 0.2) is 0 Å². The summed E-state index contributed by atoms with van der Waals surface area (Å²) in [6, 6.07) is -0.549. The standard InChI is InChI=1S/C13H23NO3/c1-9(2)17-13(16)10(3)14-12(15)11-7-5-4-6-8-11/h9-11H,4-8H2,1-3H3,(H,14,15)/t10-/m0/s1. The highest BCUT2D eigenvalue weighted by molar-refractivity contribution is 5.85. The van der Waals surface area contributed by atoms with Crippen molar-refractivity contribution in [3.05, 3.63) is 0 Å². The molecule has 1 atom stereocenters. The lowest BCUT2D eigenvalue weighted by Gasteiger charge is -2.23. The minimum Gasteiger partial charge on any atom is -0.461 e. The Morgan fingerprint density at radius 1 is 1.12 bits per heavy atom. The molecule has 98 valence electrons. The van der Waals surface area contributed by atoms with Gasteiger partial charge >= 0.3 is 5.97 Å². The van der Waals surface area contributed by atoms with Gasteiger partial charge in [-0.3, -0.25) is 4.79 Å². The lowest BCUT2D eigenvalue weighted by Crippen LogP contribution is -2.43. The predicted octanol–water partition coefficient (Wildman–Crippen LogP) is 2.02. The van der Waals surface area contributed by atoms with Gasteiger partial charge in [0.25, 0.3) is 0 Å². The van der Waals surface area contributed by atoms with Gasteiger partial charge in [-0.25, -0.2) is 4.79 Å². The van der Waals surface area contributed by atoms with E-state index in [1.807, 2.05) is 0 Å². The third-order valence-electron chi connectivity index (χ3n) is 3.04. The molecular weight excluding hydrogens is 218 g/mol. The molecule has 0 aromatic carbocycles. The van der Waals surface area contributed by atoms with Crippen LogP contribution in [0.5, 0.6) is 0 Å². The summed E-state index contributed by atoms with van der Waals surface area (Å²) in [6.45, 7) is 5.27. The minimum absolute atomic E-state index is 0.00194. The molecule has 1 N–H and O–H groups in total. The molecule has 0 heterocycles. The van der Waals surface area contributed by atoms with E-state index in [0.717, 1.165) is 25.7 Å². The van der Waals surface area contributed by atoms with Crippen molar-refractivity contribution in [3.63, 3.8) is 0 Å². The molecular formula is C13H23NO3. The van der Waals surface area contributed by atoms with Gasteiger partial charge in [0.15, 0.2) is 0 Å². The van der Waals surface area contributed by atoms with Crippen LogP contribution in [0, 0.1) is 5.92 Å². The summed E-state index contributed by atoms with van der Waals surface area (Å²) in [6.07, 6.45) is 5.19. The topological polar surface area (TPSA) is 55.4 Å². The Hall–Kier alpha value is -1.06. The molecule has 1 aliphatic rings. The minimum atomic E-state index is -0.549. The van der Waals surface area contributed by atoms with E-state index < -0.39 is 6.04 Å². The Labute approximate surface area is 103 Å². The molecule has 1 fully saturated rings. The van der Waals surface area contributed by atoms with Crippen molar-refractivity contribution in [2.24, 2.45) is 5.92 Å². The maximum Gasteiger partial charge on any atom is 0.328 e. The maximum absolute atomic E-state index is 11.9. The van der Waals surface area contributed by atoms with Crippen LogP contribution in [0.3, 0.4) is 0 Å². The first-order valence-corrected chi connectivity index (χ1v) is 6.51. The molecule has 1 rings (SSSR count). The van der Waals surface area contributed by atoms with Crippen molar-refractivity contribution in [3.8, 4) is 0 Å². The van der Waals surface area contributed by atoms with Gasteiger partial charge in [-0.15, -0.1) is 0 Å². The summed E-state index contributed by atoms with van der Waals surface area (Å²) in [5.41, 5.74) is 0. The molecule has 0 aromatic rings. The molecule has 4 heteroatoms. The second kappa shape index (κ2) is 6.62. The fourth-order valence-corrected chi connectivity index (χ4v) is 2.09. The number of hydrogen-bond acceptors (Lipinski definition) is 3.